The van der Waals surface area contributed by atoms with Crippen LogP contribution in [0.3, 0.4) is 0 Å². The molecule has 2 atom stereocenters. The van der Waals surface area contributed by atoms with Crippen LogP contribution in [-0.2, 0) is 19.4 Å². The number of aryl methyl sites for hydroxylation is 1. The van der Waals surface area contributed by atoms with Crippen LogP contribution in [0.2, 0.25) is 5.02 Å². The SMILES string of the molecule is Cc1cc(N2CC(S(=O)(=O)c3ccc(-n4cccn4)cc3Cl)CC2C(=O)O)n(C2CCOCC2)n1. The molecule has 2 fully saturated rings. The number of carboxylic acids is 1. The maximum absolute atomic E-state index is 13.6. The third-order valence-electron chi connectivity index (χ3n) is 6.65. The molecule has 0 bridgehead atoms. The maximum Gasteiger partial charge on any atom is 0.326 e. The summed E-state index contributed by atoms with van der Waals surface area (Å²) in [5, 5.41) is 17.9. The van der Waals surface area contributed by atoms with Gasteiger partial charge in [0.05, 0.1) is 32.6 Å². The summed E-state index contributed by atoms with van der Waals surface area (Å²) in [7, 11) is -3.91. The summed E-state index contributed by atoms with van der Waals surface area (Å²) < 4.78 is 36.1. The largest absolute Gasteiger partial charge is 0.480 e. The van der Waals surface area contributed by atoms with Crippen LogP contribution in [0.25, 0.3) is 5.69 Å². The van der Waals surface area contributed by atoms with Gasteiger partial charge >= 0.3 is 5.97 Å². The van der Waals surface area contributed by atoms with E-state index < -0.39 is 27.1 Å². The number of aliphatic carboxylic acids is 1. The molecule has 35 heavy (non-hydrogen) atoms. The minimum atomic E-state index is -3.91. The lowest BCUT2D eigenvalue weighted by molar-refractivity contribution is -0.138. The third-order valence-corrected chi connectivity index (χ3v) is 9.26. The second kappa shape index (κ2) is 9.29. The van der Waals surface area contributed by atoms with Gasteiger partial charge in [-0.3, -0.25) is 0 Å². The van der Waals surface area contributed by atoms with E-state index in [2.05, 4.69) is 10.2 Å². The van der Waals surface area contributed by atoms with E-state index in [-0.39, 0.29) is 28.9 Å². The fourth-order valence-corrected chi connectivity index (χ4v) is 7.13. The molecule has 2 saturated heterocycles. The van der Waals surface area contributed by atoms with Crippen molar-refractivity contribution in [3.8, 4) is 5.69 Å². The Morgan fingerprint density at radius 2 is 2.00 bits per heavy atom. The number of aromatic nitrogens is 4. The molecule has 186 valence electrons. The van der Waals surface area contributed by atoms with Gasteiger partial charge in [-0.2, -0.15) is 10.2 Å². The van der Waals surface area contributed by atoms with Crippen molar-refractivity contribution < 1.29 is 23.1 Å². The Morgan fingerprint density at radius 3 is 2.66 bits per heavy atom. The Labute approximate surface area is 208 Å². The van der Waals surface area contributed by atoms with E-state index >= 15 is 0 Å². The predicted octanol–water partition coefficient (Wildman–Crippen LogP) is 2.89. The van der Waals surface area contributed by atoms with Crippen molar-refractivity contribution in [1.82, 2.24) is 19.6 Å². The first kappa shape index (κ1) is 23.8. The third kappa shape index (κ3) is 4.43. The number of hydrogen-bond donors (Lipinski definition) is 1. The number of benzene rings is 1. The number of hydrogen-bond acceptors (Lipinski definition) is 7. The first-order valence-corrected chi connectivity index (χ1v) is 13.3. The summed E-state index contributed by atoms with van der Waals surface area (Å²) in [5.74, 6) is -0.445. The van der Waals surface area contributed by atoms with Crippen molar-refractivity contribution in [2.45, 2.75) is 48.4 Å². The zero-order chi connectivity index (χ0) is 24.7. The first-order chi connectivity index (χ1) is 16.8. The molecule has 5 rings (SSSR count). The van der Waals surface area contributed by atoms with Gasteiger partial charge in [-0.1, -0.05) is 11.6 Å². The maximum atomic E-state index is 13.6. The van der Waals surface area contributed by atoms with Crippen molar-refractivity contribution in [2.24, 2.45) is 0 Å². The highest BCUT2D eigenvalue weighted by Gasteiger charge is 2.45. The van der Waals surface area contributed by atoms with Gasteiger partial charge in [0, 0.05) is 38.2 Å². The number of anilines is 1. The van der Waals surface area contributed by atoms with Crippen molar-refractivity contribution in [3.63, 3.8) is 0 Å². The number of sulfone groups is 1. The molecule has 12 heteroatoms. The lowest BCUT2D eigenvalue weighted by Gasteiger charge is -2.29. The van der Waals surface area contributed by atoms with Crippen LogP contribution in [0.5, 0.6) is 0 Å². The van der Waals surface area contributed by atoms with Gasteiger partial charge in [-0.15, -0.1) is 0 Å². The molecule has 0 aliphatic carbocycles. The average Bonchev–Trinajstić information content (AvgIpc) is 3.59. The van der Waals surface area contributed by atoms with E-state index in [0.717, 1.165) is 18.5 Å². The normalized spacial score (nSPS) is 21.5. The number of carboxylic acid groups (broad SMARTS) is 1. The Bertz CT molecular complexity index is 1330. The van der Waals surface area contributed by atoms with Gasteiger partial charge in [0.25, 0.3) is 0 Å². The van der Waals surface area contributed by atoms with Crippen molar-refractivity contribution >= 4 is 33.2 Å². The molecule has 0 spiro atoms. The van der Waals surface area contributed by atoms with Crippen LogP contribution < -0.4 is 4.90 Å². The topological polar surface area (TPSA) is 120 Å². The van der Waals surface area contributed by atoms with Crippen LogP contribution in [0.15, 0.2) is 47.6 Å². The minimum Gasteiger partial charge on any atom is -0.480 e. The summed E-state index contributed by atoms with van der Waals surface area (Å²) in [6.45, 7) is 3.09. The van der Waals surface area contributed by atoms with Crippen LogP contribution in [-0.4, -0.2) is 70.1 Å². The van der Waals surface area contributed by atoms with E-state index in [4.69, 9.17) is 16.3 Å². The molecule has 0 amide bonds. The molecule has 0 saturated carbocycles. The van der Waals surface area contributed by atoms with E-state index in [1.54, 1.807) is 40.2 Å². The number of halogens is 1. The van der Waals surface area contributed by atoms with Crippen molar-refractivity contribution in [1.29, 1.82) is 0 Å². The molecule has 0 radical (unpaired) electrons. The zero-order valence-corrected chi connectivity index (χ0v) is 20.7. The van der Waals surface area contributed by atoms with E-state index in [1.807, 2.05) is 17.7 Å². The lowest BCUT2D eigenvalue weighted by Crippen LogP contribution is -2.38. The Morgan fingerprint density at radius 1 is 1.23 bits per heavy atom. The second-order valence-electron chi connectivity index (χ2n) is 8.91. The highest BCUT2D eigenvalue weighted by Crippen LogP contribution is 2.37. The average molecular weight is 520 g/mol. The molecule has 10 nitrogen and oxygen atoms in total. The van der Waals surface area contributed by atoms with E-state index in [0.29, 0.717) is 24.7 Å². The highest BCUT2D eigenvalue weighted by molar-refractivity contribution is 7.92. The first-order valence-electron chi connectivity index (χ1n) is 11.4. The molecule has 2 aliphatic rings. The Hall–Kier alpha value is -2.89. The molecule has 2 unspecified atom stereocenters. The summed E-state index contributed by atoms with van der Waals surface area (Å²) >= 11 is 6.42. The van der Waals surface area contributed by atoms with Crippen LogP contribution in [0.1, 0.15) is 31.0 Å². The lowest BCUT2D eigenvalue weighted by atomic mass is 10.1. The van der Waals surface area contributed by atoms with Gasteiger partial charge in [0.1, 0.15) is 11.9 Å². The quantitative estimate of drug-likeness (QED) is 0.528. The summed E-state index contributed by atoms with van der Waals surface area (Å²) in [5.41, 5.74) is 1.38. The van der Waals surface area contributed by atoms with Gasteiger partial charge in [0.15, 0.2) is 9.84 Å². The van der Waals surface area contributed by atoms with Gasteiger partial charge in [0.2, 0.25) is 0 Å². The van der Waals surface area contributed by atoms with Gasteiger partial charge in [-0.05, 0) is 50.5 Å². The molecular weight excluding hydrogens is 494 g/mol. The van der Waals surface area contributed by atoms with E-state index in [9.17, 15) is 18.3 Å². The summed E-state index contributed by atoms with van der Waals surface area (Å²) in [6.07, 6.45) is 4.83. The highest BCUT2D eigenvalue weighted by atomic mass is 35.5. The molecule has 2 aromatic heterocycles. The summed E-state index contributed by atoms with van der Waals surface area (Å²) in [4.78, 5) is 13.9. The fraction of sp³-hybridized carbons (Fsp3) is 0.435. The molecular formula is C23H26ClN5O5S. The molecule has 3 aromatic rings. The van der Waals surface area contributed by atoms with Crippen LogP contribution in [0, 0.1) is 6.92 Å². The van der Waals surface area contributed by atoms with Crippen LogP contribution >= 0.6 is 11.6 Å². The fourth-order valence-electron chi connectivity index (χ4n) is 4.89. The smallest absolute Gasteiger partial charge is 0.326 e. The summed E-state index contributed by atoms with van der Waals surface area (Å²) in [6, 6.07) is 7.30. The monoisotopic (exact) mass is 519 g/mol. The van der Waals surface area contributed by atoms with E-state index in [1.165, 1.54) is 6.07 Å². The van der Waals surface area contributed by atoms with Gasteiger partial charge in [-0.25, -0.2) is 22.6 Å². The Balaban J connectivity index is 1.46. The molecule has 1 aromatic carbocycles. The number of nitrogens with zero attached hydrogens (tertiary/aromatic N) is 5. The Kier molecular flexibility index (Phi) is 6.32. The number of rotatable bonds is 6. The minimum absolute atomic E-state index is 0.0137. The van der Waals surface area contributed by atoms with Crippen LogP contribution in [0.4, 0.5) is 5.82 Å². The molecule has 1 N–H and O–H groups in total. The number of carbonyl (C=O) groups is 1. The predicted molar refractivity (Wildman–Crippen MR) is 129 cm³/mol. The standard InChI is InChI=1S/C23H26ClN5O5S/c1-15-11-22(29(26-15)16-5-9-34-10-6-16)27-14-18(13-20(27)23(30)31)35(32,33)21-4-3-17(12-19(21)24)28-8-2-7-25-28/h2-4,7-8,11-12,16,18,20H,5-6,9-10,13-14H2,1H3,(H,30,31). The zero-order valence-electron chi connectivity index (χ0n) is 19.1. The second-order valence-corrected chi connectivity index (χ2v) is 11.5. The van der Waals surface area contributed by atoms with Crippen molar-refractivity contribution in [2.75, 3.05) is 24.7 Å². The van der Waals surface area contributed by atoms with Crippen molar-refractivity contribution in [3.05, 3.63) is 53.4 Å². The van der Waals surface area contributed by atoms with Gasteiger partial charge < -0.3 is 14.7 Å². The molecule has 2 aliphatic heterocycles. The molecule has 4 heterocycles. The number of ether oxygens (including phenoxy) is 1.